The van der Waals surface area contributed by atoms with Crippen LogP contribution in [0.3, 0.4) is 0 Å². The summed E-state index contributed by atoms with van der Waals surface area (Å²) < 4.78 is 0. The fraction of sp³-hybridized carbons (Fsp3) is 0.286. The minimum absolute atomic E-state index is 0.138. The number of carbonyl (C=O) groups is 3. The molecule has 3 rings (SSSR count). The number of imide groups is 1. The fourth-order valence-electron chi connectivity index (χ4n) is 2.28. The van der Waals surface area contributed by atoms with E-state index in [0.29, 0.717) is 22.8 Å². The number of urea groups is 1. The molecule has 2 aliphatic rings. The van der Waals surface area contributed by atoms with E-state index in [1.54, 1.807) is 24.3 Å². The van der Waals surface area contributed by atoms with E-state index in [-0.39, 0.29) is 30.9 Å². The molecule has 22 heavy (non-hydrogen) atoms. The second kappa shape index (κ2) is 6.18. The lowest BCUT2D eigenvalue weighted by molar-refractivity contribution is 0.0656. The first-order chi connectivity index (χ1) is 10.7. The number of carbonyl (C=O) groups excluding carboxylic acids is 3. The number of amidine groups is 1. The Morgan fingerprint density at radius 2 is 1.91 bits per heavy atom. The van der Waals surface area contributed by atoms with Gasteiger partial charge in [-0.3, -0.25) is 24.8 Å². The molecule has 0 radical (unpaired) electrons. The quantitative estimate of drug-likeness (QED) is 0.802. The number of nitrogens with zero attached hydrogens (tertiary/aromatic N) is 2. The molecule has 0 bridgehead atoms. The van der Waals surface area contributed by atoms with Crippen LogP contribution in [0.25, 0.3) is 0 Å². The average Bonchev–Trinajstić information content (AvgIpc) is 3.10. The molecule has 8 heteroatoms. The topological polar surface area (TPSA) is 90.9 Å². The van der Waals surface area contributed by atoms with Crippen LogP contribution in [-0.2, 0) is 0 Å². The zero-order valence-corrected chi connectivity index (χ0v) is 12.5. The number of hydrogen-bond donors (Lipinski definition) is 2. The number of hydrogen-bond acceptors (Lipinski definition) is 5. The fourth-order valence-corrected chi connectivity index (χ4v) is 3.00. The average molecular weight is 318 g/mol. The molecule has 0 unspecified atom stereocenters. The van der Waals surface area contributed by atoms with Crippen LogP contribution in [0.1, 0.15) is 20.7 Å². The van der Waals surface area contributed by atoms with Gasteiger partial charge in [-0.25, -0.2) is 4.79 Å². The van der Waals surface area contributed by atoms with Crippen LogP contribution in [0.15, 0.2) is 29.3 Å². The largest absolute Gasteiger partial charge is 0.336 e. The molecule has 0 saturated heterocycles. The third-order valence-corrected chi connectivity index (χ3v) is 4.20. The minimum Gasteiger partial charge on any atom is -0.336 e. The van der Waals surface area contributed by atoms with Crippen molar-refractivity contribution in [1.82, 2.24) is 15.5 Å². The number of benzene rings is 1. The Labute approximate surface area is 131 Å². The van der Waals surface area contributed by atoms with Crippen LogP contribution >= 0.6 is 11.8 Å². The van der Waals surface area contributed by atoms with Crippen molar-refractivity contribution in [3.05, 3.63) is 35.4 Å². The van der Waals surface area contributed by atoms with Crippen LogP contribution < -0.4 is 10.6 Å². The van der Waals surface area contributed by atoms with Crippen molar-refractivity contribution in [3.63, 3.8) is 0 Å². The van der Waals surface area contributed by atoms with Gasteiger partial charge in [-0.05, 0) is 12.1 Å². The predicted molar refractivity (Wildman–Crippen MR) is 83.1 cm³/mol. The molecule has 4 amide bonds. The van der Waals surface area contributed by atoms with Gasteiger partial charge >= 0.3 is 6.03 Å². The van der Waals surface area contributed by atoms with E-state index in [9.17, 15) is 14.4 Å². The highest BCUT2D eigenvalue weighted by atomic mass is 32.2. The summed E-state index contributed by atoms with van der Waals surface area (Å²) in [6, 6.07) is 6.32. The first-order valence-electron chi connectivity index (χ1n) is 6.84. The SMILES string of the molecule is O=C(NCCN1C(=O)c2ccccc2C1=O)NC1=NCCS1. The second-order valence-electron chi connectivity index (χ2n) is 4.72. The molecule has 2 N–H and O–H groups in total. The van der Waals surface area contributed by atoms with Crippen molar-refractivity contribution in [2.75, 3.05) is 25.4 Å². The summed E-state index contributed by atoms with van der Waals surface area (Å²) in [4.78, 5) is 41.1. The van der Waals surface area contributed by atoms with Crippen LogP contribution in [0, 0.1) is 0 Å². The number of amides is 4. The summed E-state index contributed by atoms with van der Waals surface area (Å²) in [5, 5.41) is 5.83. The smallest absolute Gasteiger partial charge is 0.320 e. The molecule has 0 saturated carbocycles. The normalized spacial score (nSPS) is 16.5. The van der Waals surface area contributed by atoms with E-state index in [2.05, 4.69) is 15.6 Å². The second-order valence-corrected chi connectivity index (χ2v) is 5.81. The Kier molecular flexibility index (Phi) is 4.10. The molecule has 1 aromatic rings. The van der Waals surface area contributed by atoms with Gasteiger partial charge in [-0.15, -0.1) is 0 Å². The first-order valence-corrected chi connectivity index (χ1v) is 7.82. The Bertz CT molecular complexity index is 639. The van der Waals surface area contributed by atoms with Crippen LogP contribution in [0.5, 0.6) is 0 Å². The molecule has 0 fully saturated rings. The zero-order valence-electron chi connectivity index (χ0n) is 11.7. The summed E-state index contributed by atoms with van der Waals surface area (Å²) in [5.74, 6) is 0.224. The first kappa shape index (κ1) is 14.6. The van der Waals surface area contributed by atoms with Crippen LogP contribution in [0.2, 0.25) is 0 Å². The van der Waals surface area contributed by atoms with Gasteiger partial charge in [-0.2, -0.15) is 0 Å². The van der Waals surface area contributed by atoms with Crippen molar-refractivity contribution in [3.8, 4) is 0 Å². The van der Waals surface area contributed by atoms with E-state index >= 15 is 0 Å². The van der Waals surface area contributed by atoms with Gasteiger partial charge in [0.1, 0.15) is 0 Å². The summed E-state index contributed by atoms with van der Waals surface area (Å²) in [7, 11) is 0. The van der Waals surface area contributed by atoms with Crippen molar-refractivity contribution >= 4 is 34.8 Å². The van der Waals surface area contributed by atoms with E-state index in [4.69, 9.17) is 0 Å². The van der Waals surface area contributed by atoms with Gasteiger partial charge in [0.25, 0.3) is 11.8 Å². The molecule has 0 aliphatic carbocycles. The minimum atomic E-state index is -0.384. The van der Waals surface area contributed by atoms with Gasteiger partial charge in [0, 0.05) is 18.8 Å². The molecule has 2 heterocycles. The Morgan fingerprint density at radius 1 is 1.23 bits per heavy atom. The lowest BCUT2D eigenvalue weighted by Gasteiger charge is -2.14. The van der Waals surface area contributed by atoms with Crippen molar-refractivity contribution in [1.29, 1.82) is 0 Å². The number of nitrogens with one attached hydrogen (secondary N) is 2. The number of thioether (sulfide) groups is 1. The molecule has 0 spiro atoms. The third-order valence-electron chi connectivity index (χ3n) is 3.31. The molecular weight excluding hydrogens is 304 g/mol. The lowest BCUT2D eigenvalue weighted by Crippen LogP contribution is -2.43. The van der Waals surface area contributed by atoms with Gasteiger partial charge in [-0.1, -0.05) is 23.9 Å². The van der Waals surface area contributed by atoms with Gasteiger partial charge < -0.3 is 5.32 Å². The lowest BCUT2D eigenvalue weighted by atomic mass is 10.1. The van der Waals surface area contributed by atoms with Gasteiger partial charge in [0.2, 0.25) is 0 Å². The highest BCUT2D eigenvalue weighted by Crippen LogP contribution is 2.21. The Hall–Kier alpha value is -2.35. The van der Waals surface area contributed by atoms with Crippen molar-refractivity contribution in [2.24, 2.45) is 4.99 Å². The standard InChI is InChI=1S/C14H14N4O3S/c19-11-9-3-1-2-4-10(9)12(20)18(11)7-5-15-13(21)17-14-16-6-8-22-14/h1-4H,5-8H2,(H2,15,16,17,21). The van der Waals surface area contributed by atoms with Crippen molar-refractivity contribution in [2.45, 2.75) is 0 Å². The predicted octanol–water partition coefficient (Wildman–Crippen LogP) is 0.685. The molecule has 0 atom stereocenters. The third kappa shape index (κ3) is 2.82. The molecule has 114 valence electrons. The Balaban J connectivity index is 1.51. The maximum atomic E-state index is 12.1. The molecule has 1 aromatic carbocycles. The highest BCUT2D eigenvalue weighted by Gasteiger charge is 2.34. The van der Waals surface area contributed by atoms with Crippen LogP contribution in [0.4, 0.5) is 4.79 Å². The van der Waals surface area contributed by atoms with Gasteiger partial charge in [0.15, 0.2) is 5.17 Å². The highest BCUT2D eigenvalue weighted by molar-refractivity contribution is 8.14. The maximum absolute atomic E-state index is 12.1. The molecule has 7 nitrogen and oxygen atoms in total. The van der Waals surface area contributed by atoms with E-state index in [0.717, 1.165) is 10.7 Å². The summed E-state index contributed by atoms with van der Waals surface area (Å²) in [6.07, 6.45) is 0. The monoisotopic (exact) mass is 318 g/mol. The molecular formula is C14H14N4O3S. The number of aliphatic imine (C=N–C) groups is 1. The zero-order chi connectivity index (χ0) is 15.5. The summed E-state index contributed by atoms with van der Waals surface area (Å²) in [5.41, 5.74) is 0.822. The number of rotatable bonds is 3. The molecule has 2 aliphatic heterocycles. The number of fused-ring (bicyclic) bond motifs is 1. The van der Waals surface area contributed by atoms with E-state index in [1.807, 2.05) is 0 Å². The maximum Gasteiger partial charge on any atom is 0.320 e. The van der Waals surface area contributed by atoms with Gasteiger partial charge in [0.05, 0.1) is 17.7 Å². The van der Waals surface area contributed by atoms with Crippen molar-refractivity contribution < 1.29 is 14.4 Å². The summed E-state index contributed by atoms with van der Waals surface area (Å²) >= 11 is 1.48. The summed E-state index contributed by atoms with van der Waals surface area (Å²) in [6.45, 7) is 1.03. The van der Waals surface area contributed by atoms with E-state index < -0.39 is 0 Å². The molecule has 0 aromatic heterocycles. The van der Waals surface area contributed by atoms with Crippen LogP contribution in [-0.4, -0.2) is 53.3 Å². The Morgan fingerprint density at radius 3 is 2.50 bits per heavy atom. The van der Waals surface area contributed by atoms with E-state index in [1.165, 1.54) is 11.8 Å².